The minimum absolute atomic E-state index is 0.0406. The molecule has 1 atom stereocenters. The molecule has 1 aliphatic rings. The smallest absolute Gasteiger partial charge is 0.301 e. The molecule has 46 heavy (non-hydrogen) atoms. The number of ether oxygens (including phenoxy) is 1. The van der Waals surface area contributed by atoms with Gasteiger partial charge < -0.3 is 9.84 Å². The van der Waals surface area contributed by atoms with Crippen LogP contribution < -0.4 is 9.64 Å². The molecule has 230 valence electrons. The molecule has 1 fully saturated rings. The Morgan fingerprint density at radius 1 is 0.978 bits per heavy atom. The van der Waals surface area contributed by atoms with Crippen LogP contribution in [0.1, 0.15) is 41.9 Å². The van der Waals surface area contributed by atoms with E-state index in [1.807, 2.05) is 43.3 Å². The van der Waals surface area contributed by atoms with Gasteiger partial charge in [0.25, 0.3) is 5.78 Å². The Morgan fingerprint density at radius 2 is 1.76 bits per heavy atom. The van der Waals surface area contributed by atoms with Gasteiger partial charge in [-0.2, -0.15) is 0 Å². The lowest BCUT2D eigenvalue weighted by Gasteiger charge is -2.22. The van der Waals surface area contributed by atoms with Crippen LogP contribution in [-0.4, -0.2) is 43.0 Å². The van der Waals surface area contributed by atoms with Gasteiger partial charge in [0.1, 0.15) is 17.1 Å². The molecule has 1 N–H and O–H groups in total. The van der Waals surface area contributed by atoms with Gasteiger partial charge in [-0.1, -0.05) is 90.7 Å². The van der Waals surface area contributed by atoms with Crippen molar-refractivity contribution in [1.29, 1.82) is 0 Å². The van der Waals surface area contributed by atoms with Gasteiger partial charge in [-0.25, -0.2) is 4.98 Å². The number of aliphatic hydroxyl groups is 1. The molecule has 9 nitrogen and oxygen atoms in total. The summed E-state index contributed by atoms with van der Waals surface area (Å²) >= 11 is 2.75. The van der Waals surface area contributed by atoms with Crippen molar-refractivity contribution in [2.75, 3.05) is 11.5 Å². The van der Waals surface area contributed by atoms with E-state index in [9.17, 15) is 14.7 Å². The van der Waals surface area contributed by atoms with Crippen molar-refractivity contribution in [2.24, 2.45) is 0 Å². The second-order valence-corrected chi connectivity index (χ2v) is 13.0. The Bertz CT molecular complexity index is 2130. The lowest BCUT2D eigenvalue weighted by molar-refractivity contribution is -0.132. The maximum absolute atomic E-state index is 13.8. The number of pyridine rings is 1. The van der Waals surface area contributed by atoms with E-state index < -0.39 is 17.7 Å². The van der Waals surface area contributed by atoms with Crippen LogP contribution in [0.15, 0.2) is 101 Å². The number of rotatable bonds is 9. The number of fused-ring (bicyclic) bond motifs is 2. The molecule has 11 heteroatoms. The summed E-state index contributed by atoms with van der Waals surface area (Å²) in [5.41, 5.74) is 3.23. The van der Waals surface area contributed by atoms with Crippen molar-refractivity contribution >= 4 is 62.1 Å². The topological polar surface area (TPSA) is 110 Å². The molecular weight excluding hydrogens is 619 g/mol. The Morgan fingerprint density at radius 3 is 2.59 bits per heavy atom. The van der Waals surface area contributed by atoms with Crippen molar-refractivity contribution in [3.05, 3.63) is 119 Å². The van der Waals surface area contributed by atoms with Crippen molar-refractivity contribution in [3.63, 3.8) is 0 Å². The number of thioether (sulfide) groups is 1. The first kappa shape index (κ1) is 29.7. The lowest BCUT2D eigenvalue weighted by atomic mass is 9.96. The summed E-state index contributed by atoms with van der Waals surface area (Å²) in [4.78, 5) is 33.5. The number of hydrogen-bond donors (Lipinski definition) is 1. The van der Waals surface area contributed by atoms with Gasteiger partial charge in [0.15, 0.2) is 10.1 Å². The van der Waals surface area contributed by atoms with E-state index in [1.54, 1.807) is 41.8 Å². The molecule has 6 aromatic rings. The second kappa shape index (κ2) is 12.4. The number of hydrogen-bond acceptors (Lipinski definition) is 9. The van der Waals surface area contributed by atoms with Crippen LogP contribution in [0, 0.1) is 6.92 Å². The van der Waals surface area contributed by atoms with E-state index >= 15 is 0 Å². The first-order valence-electron chi connectivity index (χ1n) is 14.9. The number of benzene rings is 3. The van der Waals surface area contributed by atoms with Crippen LogP contribution in [0.3, 0.4) is 0 Å². The summed E-state index contributed by atoms with van der Waals surface area (Å²) < 4.78 is 8.14. The van der Waals surface area contributed by atoms with E-state index in [0.717, 1.165) is 17.4 Å². The van der Waals surface area contributed by atoms with Crippen LogP contribution in [-0.2, 0) is 15.3 Å². The molecule has 1 unspecified atom stereocenters. The summed E-state index contributed by atoms with van der Waals surface area (Å²) in [6.07, 6.45) is 2.62. The number of ketones is 1. The van der Waals surface area contributed by atoms with Gasteiger partial charge in [-0.05, 0) is 59.5 Å². The quantitative estimate of drug-likeness (QED) is 0.0570. The molecule has 3 aromatic heterocycles. The zero-order chi connectivity index (χ0) is 31.8. The molecule has 7 rings (SSSR count). The standard InChI is InChI=1S/C35H29N5O4S2/c1-3-19-44-25-16-14-23(15-17-25)30-28(31(41)29-21(2)36-27-13-6-7-18-39(27)29)32(42)33(43)40(30)34-37-38-35(46-34)45-20-24-11-8-10-22-9-4-5-12-26(22)24/h4-18,30,41H,3,19-20H2,1-2H3/b31-28+. The average molecular weight is 648 g/mol. The first-order chi connectivity index (χ1) is 22.4. The zero-order valence-corrected chi connectivity index (χ0v) is 26.7. The summed E-state index contributed by atoms with van der Waals surface area (Å²) in [6, 6.07) is 26.2. The first-order valence-corrected chi connectivity index (χ1v) is 16.7. The monoisotopic (exact) mass is 647 g/mol. The number of aliphatic hydroxyl groups excluding tert-OH is 1. The van der Waals surface area contributed by atoms with E-state index in [0.29, 0.717) is 45.0 Å². The normalized spacial score (nSPS) is 16.1. The number of imidazole rings is 1. The SMILES string of the molecule is CCCOc1ccc(C2/C(=C(\O)c3c(C)nc4ccccn34)C(=O)C(=O)N2c2nnc(SCc3cccc4ccccc34)s2)cc1. The lowest BCUT2D eigenvalue weighted by Crippen LogP contribution is -2.29. The van der Waals surface area contributed by atoms with Gasteiger partial charge in [0, 0.05) is 11.9 Å². The van der Waals surface area contributed by atoms with Crippen LogP contribution >= 0.6 is 23.1 Å². The Labute approximate surface area is 273 Å². The van der Waals surface area contributed by atoms with Crippen molar-refractivity contribution in [2.45, 2.75) is 36.4 Å². The van der Waals surface area contributed by atoms with E-state index in [-0.39, 0.29) is 16.5 Å². The predicted octanol–water partition coefficient (Wildman–Crippen LogP) is 7.35. The highest BCUT2D eigenvalue weighted by molar-refractivity contribution is 8.00. The second-order valence-electron chi connectivity index (χ2n) is 10.8. The fourth-order valence-electron chi connectivity index (χ4n) is 5.75. The highest BCUT2D eigenvalue weighted by atomic mass is 32.2. The summed E-state index contributed by atoms with van der Waals surface area (Å²) in [5.74, 6) is -0.567. The molecule has 1 saturated heterocycles. The molecule has 3 aromatic carbocycles. The summed E-state index contributed by atoms with van der Waals surface area (Å²) in [6.45, 7) is 4.35. The fraction of sp³-hybridized carbons (Fsp3) is 0.171. The molecule has 0 radical (unpaired) electrons. The highest BCUT2D eigenvalue weighted by Crippen LogP contribution is 2.44. The number of aryl methyl sites for hydroxylation is 1. The maximum atomic E-state index is 13.8. The van der Waals surface area contributed by atoms with Crippen molar-refractivity contribution in [3.8, 4) is 5.75 Å². The summed E-state index contributed by atoms with van der Waals surface area (Å²) in [7, 11) is 0. The van der Waals surface area contributed by atoms with Gasteiger partial charge in [-0.15, -0.1) is 10.2 Å². The fourth-order valence-corrected chi connectivity index (χ4v) is 7.63. The number of nitrogens with zero attached hydrogens (tertiary/aromatic N) is 5. The van der Waals surface area contributed by atoms with Crippen LogP contribution in [0.5, 0.6) is 5.75 Å². The molecule has 0 spiro atoms. The molecule has 1 aliphatic heterocycles. The van der Waals surface area contributed by atoms with Gasteiger partial charge in [-0.3, -0.25) is 18.9 Å². The third kappa shape index (κ3) is 5.31. The Balaban J connectivity index is 1.28. The highest BCUT2D eigenvalue weighted by Gasteiger charge is 2.49. The molecule has 0 saturated carbocycles. The Hall–Kier alpha value is -5.00. The van der Waals surface area contributed by atoms with Crippen molar-refractivity contribution < 1.29 is 19.4 Å². The Kier molecular flexibility index (Phi) is 8.02. The number of amides is 1. The molecular formula is C35H29N5O4S2. The van der Waals surface area contributed by atoms with E-state index in [4.69, 9.17) is 4.74 Å². The third-order valence-corrected chi connectivity index (χ3v) is 9.98. The molecule has 4 heterocycles. The average Bonchev–Trinajstić information content (AvgIpc) is 3.76. The van der Waals surface area contributed by atoms with Gasteiger partial charge >= 0.3 is 5.91 Å². The largest absolute Gasteiger partial charge is 0.505 e. The number of carbonyl (C=O) groups excluding carboxylic acids is 2. The molecule has 0 aliphatic carbocycles. The number of Topliss-reactive ketones (excluding diaryl/α,β-unsaturated/α-hetero) is 1. The molecule has 1 amide bonds. The summed E-state index contributed by atoms with van der Waals surface area (Å²) in [5, 5.41) is 23.2. The van der Waals surface area contributed by atoms with E-state index in [2.05, 4.69) is 39.4 Å². The third-order valence-electron chi connectivity index (χ3n) is 7.87. The molecule has 0 bridgehead atoms. The minimum Gasteiger partial charge on any atom is -0.505 e. The minimum atomic E-state index is -0.947. The maximum Gasteiger partial charge on any atom is 0.301 e. The van der Waals surface area contributed by atoms with Crippen LogP contribution in [0.4, 0.5) is 5.13 Å². The van der Waals surface area contributed by atoms with Crippen LogP contribution in [0.2, 0.25) is 0 Å². The van der Waals surface area contributed by atoms with E-state index in [1.165, 1.54) is 33.4 Å². The van der Waals surface area contributed by atoms with Crippen molar-refractivity contribution in [1.82, 2.24) is 19.6 Å². The zero-order valence-electron chi connectivity index (χ0n) is 25.1. The number of aromatic nitrogens is 4. The van der Waals surface area contributed by atoms with Gasteiger partial charge in [0.05, 0.1) is 23.9 Å². The number of carbonyl (C=O) groups is 2. The van der Waals surface area contributed by atoms with Crippen LogP contribution in [0.25, 0.3) is 22.2 Å². The predicted molar refractivity (Wildman–Crippen MR) is 180 cm³/mol. The van der Waals surface area contributed by atoms with Gasteiger partial charge in [0.2, 0.25) is 5.13 Å². The number of anilines is 1.